The third-order valence-corrected chi connectivity index (χ3v) is 6.66. The van der Waals surface area contributed by atoms with Crippen molar-refractivity contribution >= 4 is 51.8 Å². The van der Waals surface area contributed by atoms with Crippen molar-refractivity contribution in [2.24, 2.45) is 0 Å². The zero-order valence-corrected chi connectivity index (χ0v) is 21.6. The van der Waals surface area contributed by atoms with Gasteiger partial charge < -0.3 is 15.4 Å². The molecule has 190 valence electrons. The molecular formula is C27H25ClN4O4S. The topological polar surface area (TPSA) is 102 Å². The Morgan fingerprint density at radius 1 is 1.03 bits per heavy atom. The number of methoxy groups -OCH3 is 1. The monoisotopic (exact) mass is 536 g/mol. The number of rotatable bonds is 10. The lowest BCUT2D eigenvalue weighted by Gasteiger charge is -2.14. The summed E-state index contributed by atoms with van der Waals surface area (Å²) in [6.45, 7) is 1.09. The first-order valence-corrected chi connectivity index (χ1v) is 12.8. The maximum Gasteiger partial charge on any atom is 0.262 e. The molecule has 0 spiro atoms. The number of amides is 2. The molecule has 0 aliphatic heterocycles. The Kier molecular flexibility index (Phi) is 8.95. The van der Waals surface area contributed by atoms with Crippen LogP contribution < -0.4 is 16.2 Å². The molecule has 0 radical (unpaired) electrons. The van der Waals surface area contributed by atoms with E-state index >= 15 is 0 Å². The number of hydrogen-bond acceptors (Lipinski definition) is 6. The summed E-state index contributed by atoms with van der Waals surface area (Å²) in [6, 6.07) is 21.0. The van der Waals surface area contributed by atoms with Crippen LogP contribution in [0.3, 0.4) is 0 Å². The van der Waals surface area contributed by atoms with E-state index in [-0.39, 0.29) is 29.7 Å². The van der Waals surface area contributed by atoms with Gasteiger partial charge in [0.1, 0.15) is 0 Å². The molecule has 1 heterocycles. The number of thioether (sulfide) groups is 1. The molecule has 2 N–H and O–H groups in total. The first-order valence-electron chi connectivity index (χ1n) is 11.5. The van der Waals surface area contributed by atoms with E-state index in [0.29, 0.717) is 45.5 Å². The molecule has 2 amide bonds. The molecule has 10 heteroatoms. The van der Waals surface area contributed by atoms with E-state index in [1.165, 1.54) is 11.8 Å². The summed E-state index contributed by atoms with van der Waals surface area (Å²) >= 11 is 7.09. The van der Waals surface area contributed by atoms with Crippen LogP contribution in [0.4, 0.5) is 5.69 Å². The number of nitrogens with one attached hydrogen (secondary N) is 2. The van der Waals surface area contributed by atoms with Crippen LogP contribution in [-0.2, 0) is 16.1 Å². The molecule has 0 saturated heterocycles. The van der Waals surface area contributed by atoms with E-state index in [2.05, 4.69) is 15.6 Å². The van der Waals surface area contributed by atoms with Gasteiger partial charge in [0.15, 0.2) is 5.16 Å². The predicted octanol–water partition coefficient (Wildman–Crippen LogP) is 4.21. The van der Waals surface area contributed by atoms with Crippen LogP contribution in [0.2, 0.25) is 5.02 Å². The Hall–Kier alpha value is -3.66. The average Bonchev–Trinajstić information content (AvgIpc) is 2.91. The molecule has 37 heavy (non-hydrogen) atoms. The lowest BCUT2D eigenvalue weighted by Crippen LogP contribution is -2.27. The second-order valence-corrected chi connectivity index (χ2v) is 9.47. The Labute approximate surface area is 223 Å². The van der Waals surface area contributed by atoms with Crippen LogP contribution >= 0.6 is 23.4 Å². The van der Waals surface area contributed by atoms with E-state index in [0.717, 1.165) is 5.56 Å². The predicted molar refractivity (Wildman–Crippen MR) is 147 cm³/mol. The molecule has 1 aromatic heterocycles. The second kappa shape index (κ2) is 12.5. The first kappa shape index (κ1) is 26.4. The number of halogens is 1. The number of aromatic nitrogens is 2. The van der Waals surface area contributed by atoms with Gasteiger partial charge in [-0.3, -0.25) is 19.0 Å². The summed E-state index contributed by atoms with van der Waals surface area (Å²) in [6.07, 6.45) is 0. The average molecular weight is 537 g/mol. The lowest BCUT2D eigenvalue weighted by atomic mass is 10.1. The molecule has 0 fully saturated rings. The minimum absolute atomic E-state index is 0.0635. The van der Waals surface area contributed by atoms with Crippen LogP contribution in [0.1, 0.15) is 15.9 Å². The highest BCUT2D eigenvalue weighted by molar-refractivity contribution is 7.99. The quantitative estimate of drug-likeness (QED) is 0.179. The summed E-state index contributed by atoms with van der Waals surface area (Å²) in [5.41, 5.74) is 2.32. The highest BCUT2D eigenvalue weighted by Crippen LogP contribution is 2.20. The summed E-state index contributed by atoms with van der Waals surface area (Å²) < 4.78 is 6.50. The van der Waals surface area contributed by atoms with Gasteiger partial charge in [-0.1, -0.05) is 47.6 Å². The number of carbonyl (C=O) groups is 2. The second-order valence-electron chi connectivity index (χ2n) is 8.09. The van der Waals surface area contributed by atoms with Gasteiger partial charge in [0, 0.05) is 29.9 Å². The Morgan fingerprint density at radius 3 is 2.49 bits per heavy atom. The maximum atomic E-state index is 13.4. The molecular weight excluding hydrogens is 512 g/mol. The maximum absolute atomic E-state index is 13.4. The molecule has 0 saturated carbocycles. The third kappa shape index (κ3) is 6.97. The number of anilines is 1. The van der Waals surface area contributed by atoms with E-state index in [1.807, 2.05) is 6.07 Å². The Balaban J connectivity index is 1.53. The minimum Gasteiger partial charge on any atom is -0.383 e. The van der Waals surface area contributed by atoms with Crippen LogP contribution in [0.5, 0.6) is 0 Å². The van der Waals surface area contributed by atoms with Gasteiger partial charge in [-0.25, -0.2) is 4.98 Å². The number of carbonyl (C=O) groups excluding carboxylic acids is 2. The summed E-state index contributed by atoms with van der Waals surface area (Å²) in [4.78, 5) is 42.8. The Bertz CT molecular complexity index is 1460. The van der Waals surface area contributed by atoms with Crippen molar-refractivity contribution in [3.8, 4) is 0 Å². The highest BCUT2D eigenvalue weighted by Gasteiger charge is 2.14. The van der Waals surface area contributed by atoms with E-state index in [1.54, 1.807) is 78.4 Å². The molecule has 0 atom stereocenters. The summed E-state index contributed by atoms with van der Waals surface area (Å²) in [7, 11) is 1.57. The fourth-order valence-corrected chi connectivity index (χ4v) is 4.49. The molecule has 3 aromatic carbocycles. The number of benzene rings is 3. The molecule has 0 unspecified atom stereocenters. The van der Waals surface area contributed by atoms with Gasteiger partial charge in [-0.15, -0.1) is 0 Å². The van der Waals surface area contributed by atoms with Gasteiger partial charge in [-0.05, 0) is 54.1 Å². The van der Waals surface area contributed by atoms with Crippen LogP contribution in [0.25, 0.3) is 10.9 Å². The molecule has 4 rings (SSSR count). The SMILES string of the molecule is COCCNC(=O)c1ccc(Cn2c(SCC(=O)Nc3ccc(Cl)cc3)nc3ccccc3c2=O)cc1. The number of ether oxygens (including phenoxy) is 1. The number of nitrogens with zero attached hydrogens (tertiary/aromatic N) is 2. The summed E-state index contributed by atoms with van der Waals surface area (Å²) in [5, 5.41) is 7.09. The van der Waals surface area contributed by atoms with E-state index in [9.17, 15) is 14.4 Å². The van der Waals surface area contributed by atoms with Crippen molar-refractivity contribution in [3.63, 3.8) is 0 Å². The molecule has 0 bridgehead atoms. The Morgan fingerprint density at radius 2 is 1.76 bits per heavy atom. The van der Waals surface area contributed by atoms with Gasteiger partial charge in [-0.2, -0.15) is 0 Å². The highest BCUT2D eigenvalue weighted by atomic mass is 35.5. The van der Waals surface area contributed by atoms with Gasteiger partial charge >= 0.3 is 0 Å². The number of para-hydroxylation sites is 1. The van der Waals surface area contributed by atoms with Gasteiger partial charge in [0.05, 0.1) is 29.8 Å². The molecule has 0 aliphatic rings. The van der Waals surface area contributed by atoms with Gasteiger partial charge in [0.2, 0.25) is 5.91 Å². The zero-order valence-electron chi connectivity index (χ0n) is 20.1. The minimum atomic E-state index is -0.231. The van der Waals surface area contributed by atoms with Crippen molar-refractivity contribution in [3.05, 3.63) is 99.3 Å². The standard InChI is InChI=1S/C27H25ClN4O4S/c1-36-15-14-29-25(34)19-8-6-18(7-9-19)16-32-26(35)22-4-2-3-5-23(22)31-27(32)37-17-24(33)30-21-12-10-20(28)11-13-21/h2-13H,14-17H2,1H3,(H,29,34)(H,30,33). The van der Waals surface area contributed by atoms with E-state index in [4.69, 9.17) is 16.3 Å². The van der Waals surface area contributed by atoms with Crippen molar-refractivity contribution in [2.75, 3.05) is 31.3 Å². The smallest absolute Gasteiger partial charge is 0.262 e. The first-order chi connectivity index (χ1) is 17.9. The molecule has 8 nitrogen and oxygen atoms in total. The largest absolute Gasteiger partial charge is 0.383 e. The van der Waals surface area contributed by atoms with Gasteiger partial charge in [0.25, 0.3) is 11.5 Å². The number of hydrogen-bond donors (Lipinski definition) is 2. The fraction of sp³-hybridized carbons (Fsp3) is 0.185. The van der Waals surface area contributed by atoms with Crippen LogP contribution in [0, 0.1) is 0 Å². The van der Waals surface area contributed by atoms with Crippen molar-refractivity contribution in [1.29, 1.82) is 0 Å². The lowest BCUT2D eigenvalue weighted by molar-refractivity contribution is -0.113. The van der Waals surface area contributed by atoms with Crippen molar-refractivity contribution in [1.82, 2.24) is 14.9 Å². The zero-order chi connectivity index (χ0) is 26.2. The normalized spacial score (nSPS) is 10.9. The molecule has 4 aromatic rings. The van der Waals surface area contributed by atoms with Crippen LogP contribution in [0.15, 0.2) is 82.7 Å². The molecule has 0 aliphatic carbocycles. The van der Waals surface area contributed by atoms with Crippen molar-refractivity contribution < 1.29 is 14.3 Å². The fourth-order valence-electron chi connectivity index (χ4n) is 3.57. The third-order valence-electron chi connectivity index (χ3n) is 5.44. The number of fused-ring (bicyclic) bond motifs is 1. The van der Waals surface area contributed by atoms with E-state index < -0.39 is 0 Å². The van der Waals surface area contributed by atoms with Crippen molar-refractivity contribution in [2.45, 2.75) is 11.7 Å². The summed E-state index contributed by atoms with van der Waals surface area (Å²) in [5.74, 6) is -0.366. The van der Waals surface area contributed by atoms with Crippen LogP contribution in [-0.4, -0.2) is 47.4 Å².